The lowest BCUT2D eigenvalue weighted by Gasteiger charge is -2.74. The van der Waals surface area contributed by atoms with E-state index >= 15 is 0 Å². The second-order valence-electron chi connectivity index (χ2n) is 15.8. The molecule has 5 saturated carbocycles. The molecule has 1 N–H and O–H groups in total. The molecule has 0 bridgehead atoms. The number of Topliss-reactive ketones (excluding diaryl/α,β-unsaturated/α-hetero) is 1. The van der Waals surface area contributed by atoms with Crippen molar-refractivity contribution in [3.05, 3.63) is 0 Å². The van der Waals surface area contributed by atoms with Crippen molar-refractivity contribution in [1.29, 1.82) is 0 Å². The molecule has 0 aliphatic heterocycles. The summed E-state index contributed by atoms with van der Waals surface area (Å²) in [6, 6.07) is 0. The maximum Gasteiger partial charge on any atom is 0.302 e. The Balaban J connectivity index is 1.61. The molecule has 5 rings (SSSR count). The third-order valence-electron chi connectivity index (χ3n) is 14.1. The van der Waals surface area contributed by atoms with Crippen molar-refractivity contribution in [3.63, 3.8) is 0 Å². The zero-order chi connectivity index (χ0) is 27.3. The van der Waals surface area contributed by atoms with E-state index in [1.807, 2.05) is 0 Å². The predicted molar refractivity (Wildman–Crippen MR) is 143 cm³/mol. The van der Waals surface area contributed by atoms with E-state index < -0.39 is 6.10 Å². The topological polar surface area (TPSA) is 72.8 Å². The zero-order valence-electron chi connectivity index (χ0n) is 24.9. The van der Waals surface area contributed by atoms with E-state index in [9.17, 15) is 14.8 Å². The highest BCUT2D eigenvalue weighted by Crippen LogP contribution is 2.76. The quantitative estimate of drug-likeness (QED) is 0.236. The first kappa shape index (κ1) is 27.6. The molecule has 0 aromatic carbocycles. The third-order valence-corrected chi connectivity index (χ3v) is 14.1. The van der Waals surface area contributed by atoms with Gasteiger partial charge in [0.1, 0.15) is 6.10 Å². The monoisotopic (exact) mass is 516 g/mol. The number of carbonyl (C=O) groups is 2. The lowest BCUT2D eigenvalue weighted by atomic mass is 9.30. The van der Waals surface area contributed by atoms with Crippen molar-refractivity contribution >= 4 is 11.8 Å². The summed E-state index contributed by atoms with van der Waals surface area (Å²) in [4.78, 5) is 32.0. The normalized spacial score (nSPS) is 54.8. The average Bonchev–Trinajstić information content (AvgIpc) is 2.81. The highest BCUT2D eigenvalue weighted by Gasteiger charge is 2.75. The second-order valence-corrected chi connectivity index (χ2v) is 15.8. The summed E-state index contributed by atoms with van der Waals surface area (Å²) >= 11 is 0. The Morgan fingerprint density at radius 1 is 0.892 bits per heavy atom. The number of rotatable bonds is 2. The molecule has 0 saturated heterocycles. The summed E-state index contributed by atoms with van der Waals surface area (Å²) in [5.74, 6) is 1.51. The van der Waals surface area contributed by atoms with Gasteiger partial charge in [0.05, 0.1) is 0 Å². The molecule has 0 heterocycles. The maximum atomic E-state index is 14.7. The Morgan fingerprint density at radius 2 is 1.57 bits per heavy atom. The van der Waals surface area contributed by atoms with Crippen LogP contribution >= 0.6 is 0 Å². The van der Waals surface area contributed by atoms with Gasteiger partial charge < -0.3 is 4.74 Å². The number of esters is 1. The minimum atomic E-state index is -0.788. The van der Waals surface area contributed by atoms with E-state index in [-0.39, 0.29) is 62.7 Å². The van der Waals surface area contributed by atoms with Gasteiger partial charge in [-0.2, -0.15) is 0 Å². The van der Waals surface area contributed by atoms with Crippen LogP contribution in [0.2, 0.25) is 0 Å². The Hall–Kier alpha value is -0.940. The van der Waals surface area contributed by atoms with Crippen LogP contribution in [0.15, 0.2) is 0 Å². The van der Waals surface area contributed by atoms with E-state index in [1.165, 1.54) is 26.2 Å². The van der Waals surface area contributed by atoms with Crippen LogP contribution in [-0.2, 0) is 19.2 Å². The number of ether oxygens (including phenoxy) is 1. The third kappa shape index (κ3) is 3.47. The van der Waals surface area contributed by atoms with Crippen LogP contribution in [0, 0.1) is 62.6 Å². The Labute approximate surface area is 224 Å². The van der Waals surface area contributed by atoms with E-state index in [0.29, 0.717) is 17.8 Å². The molecule has 0 aromatic rings. The highest BCUT2D eigenvalue weighted by atomic mass is 17.1. The van der Waals surface area contributed by atoms with Crippen LogP contribution in [0.4, 0.5) is 0 Å². The molecule has 5 aliphatic rings. The predicted octanol–water partition coefficient (Wildman–Crippen LogP) is 7.32. The molecule has 210 valence electrons. The molecule has 5 aliphatic carbocycles. The standard InChI is InChI=1S/C32H52O5/c1-18-10-13-29(6)16-17-31(8)24(23(29)19(18)2)25(34)26(37-35)27-30(7)14-12-22(36-20(3)33)28(4,5)21(30)11-15-32(27,31)9/h18-19,21-24,26-27,35H,10-17H2,1-9H3/t18-,19+,21+,22+,23+,24-,26-,27+,29-,30+,31-,32-/m1/s1. The van der Waals surface area contributed by atoms with Crippen molar-refractivity contribution in [2.24, 2.45) is 62.6 Å². The fourth-order valence-electron chi connectivity index (χ4n) is 11.9. The summed E-state index contributed by atoms with van der Waals surface area (Å²) in [6.07, 6.45) is 7.51. The van der Waals surface area contributed by atoms with E-state index in [2.05, 4.69) is 55.4 Å². The number of fused-ring (bicyclic) bond motifs is 7. The van der Waals surface area contributed by atoms with Crippen LogP contribution < -0.4 is 0 Å². The van der Waals surface area contributed by atoms with Crippen LogP contribution in [0.5, 0.6) is 0 Å². The molecule has 5 nitrogen and oxygen atoms in total. The molecule has 5 fully saturated rings. The average molecular weight is 517 g/mol. The Bertz CT molecular complexity index is 959. The van der Waals surface area contributed by atoms with Crippen LogP contribution in [-0.4, -0.2) is 29.2 Å². The molecule has 37 heavy (non-hydrogen) atoms. The Kier molecular flexibility index (Phi) is 6.37. The van der Waals surface area contributed by atoms with Gasteiger partial charge in [-0.1, -0.05) is 55.4 Å². The molecule has 0 spiro atoms. The van der Waals surface area contributed by atoms with Gasteiger partial charge >= 0.3 is 5.97 Å². The van der Waals surface area contributed by atoms with Crippen molar-refractivity contribution < 1.29 is 24.5 Å². The summed E-state index contributed by atoms with van der Waals surface area (Å²) < 4.78 is 5.85. The lowest BCUT2D eigenvalue weighted by molar-refractivity contribution is -0.341. The van der Waals surface area contributed by atoms with Crippen LogP contribution in [0.25, 0.3) is 0 Å². The SMILES string of the molecule is CC(=O)O[C@H]1CC[C@@]2(C)[C@@H](CC[C@]3(C)[C@H]2[C@H](OO)C(=O)[C@H]2[C@@H]4[C@@H](C)[C@H](C)CC[C@]4(C)CC[C@]23C)C1(C)C. The summed E-state index contributed by atoms with van der Waals surface area (Å²) in [6.45, 7) is 20.4. The fraction of sp³-hybridized carbons (Fsp3) is 0.938. The zero-order valence-corrected chi connectivity index (χ0v) is 24.9. The van der Waals surface area contributed by atoms with Crippen molar-refractivity contribution in [3.8, 4) is 0 Å². The number of carbonyl (C=O) groups excluding carboxylic acids is 2. The first-order chi connectivity index (χ1) is 17.1. The molecular formula is C32H52O5. The van der Waals surface area contributed by atoms with Gasteiger partial charge in [-0.05, 0) is 96.7 Å². The lowest BCUT2D eigenvalue weighted by Crippen LogP contribution is -2.73. The maximum absolute atomic E-state index is 14.7. The first-order valence-corrected chi connectivity index (χ1v) is 15.1. The number of hydrogen-bond donors (Lipinski definition) is 1. The molecule has 5 heteroatoms. The number of ketones is 1. The molecule has 0 aromatic heterocycles. The van der Waals surface area contributed by atoms with Gasteiger partial charge in [0, 0.05) is 24.2 Å². The molecular weight excluding hydrogens is 464 g/mol. The minimum absolute atomic E-state index is 0.0595. The molecule has 12 atom stereocenters. The van der Waals surface area contributed by atoms with Gasteiger partial charge in [-0.25, -0.2) is 4.89 Å². The minimum Gasteiger partial charge on any atom is -0.462 e. The van der Waals surface area contributed by atoms with Crippen molar-refractivity contribution in [2.75, 3.05) is 0 Å². The van der Waals surface area contributed by atoms with Crippen molar-refractivity contribution in [1.82, 2.24) is 0 Å². The smallest absolute Gasteiger partial charge is 0.302 e. The number of hydrogen-bond acceptors (Lipinski definition) is 5. The van der Waals surface area contributed by atoms with Gasteiger partial charge in [0.25, 0.3) is 0 Å². The summed E-state index contributed by atoms with van der Waals surface area (Å²) in [5.41, 5.74) is -0.448. The van der Waals surface area contributed by atoms with E-state index in [4.69, 9.17) is 9.62 Å². The summed E-state index contributed by atoms with van der Waals surface area (Å²) in [7, 11) is 0. The van der Waals surface area contributed by atoms with E-state index in [1.54, 1.807) is 0 Å². The largest absolute Gasteiger partial charge is 0.462 e. The fourth-order valence-corrected chi connectivity index (χ4v) is 11.9. The van der Waals surface area contributed by atoms with Gasteiger partial charge in [0.2, 0.25) is 0 Å². The molecule has 0 amide bonds. The molecule has 0 radical (unpaired) electrons. The van der Waals surface area contributed by atoms with Gasteiger partial charge in [-0.3, -0.25) is 14.8 Å². The van der Waals surface area contributed by atoms with Crippen LogP contribution in [0.3, 0.4) is 0 Å². The Morgan fingerprint density at radius 3 is 2.19 bits per heavy atom. The highest BCUT2D eigenvalue weighted by molar-refractivity contribution is 5.88. The van der Waals surface area contributed by atoms with Crippen LogP contribution in [0.1, 0.15) is 114 Å². The van der Waals surface area contributed by atoms with Crippen molar-refractivity contribution in [2.45, 2.75) is 126 Å². The molecule has 0 unspecified atom stereocenters. The second kappa shape index (κ2) is 8.53. The van der Waals surface area contributed by atoms with E-state index in [0.717, 1.165) is 32.1 Å². The van der Waals surface area contributed by atoms with Gasteiger partial charge in [0.15, 0.2) is 11.9 Å². The first-order valence-electron chi connectivity index (χ1n) is 15.1. The summed E-state index contributed by atoms with van der Waals surface area (Å²) in [5, 5.41) is 10.5. The van der Waals surface area contributed by atoms with Gasteiger partial charge in [-0.15, -0.1) is 0 Å².